The van der Waals surface area contributed by atoms with Crippen molar-refractivity contribution in [3.8, 4) is 0 Å². The SMILES string of the molecule is C=C/C(=C\C)c1nc2c(s1)CN(C(O)C(Cn1cncn1)c1ccc(F)cc1F)CC2.Cc1ccc(S(=O)(=O)O)cc1. The molecular formula is C29H31F2N5O4S2. The van der Waals surface area contributed by atoms with Gasteiger partial charge in [0.05, 0.1) is 17.1 Å². The van der Waals surface area contributed by atoms with Gasteiger partial charge in [0, 0.05) is 41.9 Å². The van der Waals surface area contributed by atoms with E-state index >= 15 is 0 Å². The molecule has 0 aliphatic carbocycles. The summed E-state index contributed by atoms with van der Waals surface area (Å²) in [4.78, 5) is 11.6. The zero-order valence-electron chi connectivity index (χ0n) is 23.1. The van der Waals surface area contributed by atoms with Crippen molar-refractivity contribution in [2.24, 2.45) is 0 Å². The van der Waals surface area contributed by atoms with Crippen LogP contribution in [0.4, 0.5) is 8.78 Å². The van der Waals surface area contributed by atoms with E-state index in [2.05, 4.69) is 16.7 Å². The van der Waals surface area contributed by atoms with Crippen LogP contribution in [0.15, 0.2) is 78.7 Å². The highest BCUT2D eigenvalue weighted by Crippen LogP contribution is 2.33. The molecule has 2 atom stereocenters. The summed E-state index contributed by atoms with van der Waals surface area (Å²) in [5.74, 6) is -2.00. The Morgan fingerprint density at radius 1 is 1.21 bits per heavy atom. The Bertz CT molecular complexity index is 1660. The molecule has 0 spiro atoms. The van der Waals surface area contributed by atoms with Crippen LogP contribution in [0.1, 0.15) is 39.5 Å². The van der Waals surface area contributed by atoms with E-state index in [1.54, 1.807) is 34.2 Å². The van der Waals surface area contributed by atoms with Crippen molar-refractivity contribution in [1.29, 1.82) is 0 Å². The average molecular weight is 616 g/mol. The van der Waals surface area contributed by atoms with Crippen molar-refractivity contribution in [1.82, 2.24) is 24.6 Å². The molecular weight excluding hydrogens is 584 g/mol. The predicted molar refractivity (Wildman–Crippen MR) is 156 cm³/mol. The fourth-order valence-electron chi connectivity index (χ4n) is 4.54. The Labute approximate surface area is 247 Å². The number of fused-ring (bicyclic) bond motifs is 1. The van der Waals surface area contributed by atoms with Gasteiger partial charge >= 0.3 is 0 Å². The number of allylic oxidation sites excluding steroid dienone is 3. The summed E-state index contributed by atoms with van der Waals surface area (Å²) in [7, 11) is -4.02. The van der Waals surface area contributed by atoms with Gasteiger partial charge in [-0.15, -0.1) is 11.3 Å². The first-order valence-electron chi connectivity index (χ1n) is 13.0. The molecule has 9 nitrogen and oxygen atoms in total. The molecule has 0 fully saturated rings. The van der Waals surface area contributed by atoms with Crippen molar-refractivity contribution < 1.29 is 26.9 Å². The Balaban J connectivity index is 0.000000310. The van der Waals surface area contributed by atoms with Gasteiger partial charge in [-0.25, -0.2) is 18.7 Å². The fraction of sp³-hybridized carbons (Fsp3) is 0.276. The fourth-order valence-corrected chi connectivity index (χ4v) is 6.23. The minimum Gasteiger partial charge on any atom is -0.378 e. The standard InChI is InChI=1S/C22H23F2N5OS.C7H8O3S/c1-3-14(4-2)21-27-19-7-8-28(11-20(19)31-21)22(30)17(10-29-13-25-12-26-29)16-6-5-15(23)9-18(16)24;1-6-2-4-7(5-3-6)11(8,9)10/h3-6,9,12-13,17,22,30H,1,7-8,10-11H2,2H3;2-5H,1H3,(H,8,9,10)/b14-4+;. The maximum Gasteiger partial charge on any atom is 0.294 e. The number of aliphatic hydroxyl groups excluding tert-OH is 1. The van der Waals surface area contributed by atoms with Crippen molar-refractivity contribution in [3.63, 3.8) is 0 Å². The second-order valence-electron chi connectivity index (χ2n) is 9.65. The molecule has 222 valence electrons. The molecule has 0 bridgehead atoms. The third-order valence-corrected chi connectivity index (χ3v) is 8.80. The number of hydrogen-bond donors (Lipinski definition) is 2. The monoisotopic (exact) mass is 615 g/mol. The topological polar surface area (TPSA) is 121 Å². The number of thiazole rings is 1. The van der Waals surface area contributed by atoms with Crippen LogP contribution in [0, 0.1) is 18.6 Å². The van der Waals surface area contributed by atoms with Gasteiger partial charge in [-0.05, 0) is 37.6 Å². The van der Waals surface area contributed by atoms with E-state index in [4.69, 9.17) is 9.54 Å². The zero-order valence-corrected chi connectivity index (χ0v) is 24.7. The van der Waals surface area contributed by atoms with E-state index in [9.17, 15) is 22.3 Å². The van der Waals surface area contributed by atoms with Gasteiger partial charge in [0.15, 0.2) is 0 Å². The van der Waals surface area contributed by atoms with E-state index in [1.165, 1.54) is 36.9 Å². The van der Waals surface area contributed by atoms with E-state index in [0.717, 1.165) is 32.8 Å². The zero-order chi connectivity index (χ0) is 30.4. The quantitative estimate of drug-likeness (QED) is 0.210. The van der Waals surface area contributed by atoms with Crippen LogP contribution in [0.2, 0.25) is 0 Å². The Kier molecular flexibility index (Phi) is 10.1. The van der Waals surface area contributed by atoms with E-state index < -0.39 is 33.9 Å². The number of benzene rings is 2. The summed E-state index contributed by atoms with van der Waals surface area (Å²) in [6, 6.07) is 9.42. The summed E-state index contributed by atoms with van der Waals surface area (Å²) in [6.45, 7) is 8.91. The molecule has 2 N–H and O–H groups in total. The third-order valence-electron chi connectivity index (χ3n) is 6.80. The summed E-state index contributed by atoms with van der Waals surface area (Å²) < 4.78 is 59.2. The molecule has 3 heterocycles. The smallest absolute Gasteiger partial charge is 0.294 e. The van der Waals surface area contributed by atoms with Crippen molar-refractivity contribution in [2.45, 2.75) is 50.4 Å². The molecule has 42 heavy (non-hydrogen) atoms. The molecule has 0 saturated carbocycles. The van der Waals surface area contributed by atoms with Crippen molar-refractivity contribution in [3.05, 3.63) is 112 Å². The summed E-state index contributed by atoms with van der Waals surface area (Å²) >= 11 is 1.58. The molecule has 2 aromatic carbocycles. The first kappa shape index (κ1) is 31.3. The number of aryl methyl sites for hydroxylation is 1. The number of halogens is 2. The molecule has 4 aromatic rings. The van der Waals surface area contributed by atoms with Gasteiger partial charge in [-0.2, -0.15) is 13.5 Å². The number of rotatable bonds is 8. The maximum absolute atomic E-state index is 14.6. The van der Waals surface area contributed by atoms with Gasteiger partial charge < -0.3 is 5.11 Å². The van der Waals surface area contributed by atoms with Crippen LogP contribution in [0.5, 0.6) is 0 Å². The Morgan fingerprint density at radius 3 is 2.55 bits per heavy atom. The second-order valence-corrected chi connectivity index (χ2v) is 12.2. The lowest BCUT2D eigenvalue weighted by molar-refractivity contribution is -0.0304. The summed E-state index contributed by atoms with van der Waals surface area (Å²) in [5.41, 5.74) is 3.19. The highest BCUT2D eigenvalue weighted by molar-refractivity contribution is 7.85. The van der Waals surface area contributed by atoms with E-state index in [-0.39, 0.29) is 17.0 Å². The number of nitrogens with zero attached hydrogens (tertiary/aromatic N) is 5. The molecule has 1 aliphatic rings. The maximum atomic E-state index is 14.6. The van der Waals surface area contributed by atoms with Gasteiger partial charge in [0.25, 0.3) is 10.1 Å². The minimum atomic E-state index is -4.02. The van der Waals surface area contributed by atoms with E-state index in [1.807, 2.05) is 24.8 Å². The lowest BCUT2D eigenvalue weighted by Crippen LogP contribution is -2.43. The lowest BCUT2D eigenvalue weighted by atomic mass is 9.94. The highest BCUT2D eigenvalue weighted by atomic mass is 32.2. The van der Waals surface area contributed by atoms with Crippen LogP contribution < -0.4 is 0 Å². The molecule has 5 rings (SSSR count). The predicted octanol–water partition coefficient (Wildman–Crippen LogP) is 5.00. The number of aliphatic hydroxyl groups is 1. The van der Waals surface area contributed by atoms with Gasteiger partial charge in [-0.3, -0.25) is 14.1 Å². The first-order valence-corrected chi connectivity index (χ1v) is 15.3. The number of hydrogen-bond acceptors (Lipinski definition) is 8. The van der Waals surface area contributed by atoms with Crippen LogP contribution in [-0.4, -0.2) is 55.5 Å². The molecule has 2 aromatic heterocycles. The average Bonchev–Trinajstić information content (AvgIpc) is 3.62. The minimum absolute atomic E-state index is 0.0666. The lowest BCUT2D eigenvalue weighted by Gasteiger charge is -2.35. The second kappa shape index (κ2) is 13.6. The normalized spacial score (nSPS) is 15.3. The summed E-state index contributed by atoms with van der Waals surface area (Å²) in [6.07, 6.45) is 6.33. The Morgan fingerprint density at radius 2 is 1.95 bits per heavy atom. The first-order chi connectivity index (χ1) is 20.0. The molecule has 13 heteroatoms. The van der Waals surface area contributed by atoms with Crippen LogP contribution in [0.3, 0.4) is 0 Å². The van der Waals surface area contributed by atoms with Crippen molar-refractivity contribution >= 4 is 27.0 Å². The molecule has 2 unspecified atom stereocenters. The van der Waals surface area contributed by atoms with E-state index in [0.29, 0.717) is 19.5 Å². The summed E-state index contributed by atoms with van der Waals surface area (Å²) in [5, 5.41) is 16.3. The van der Waals surface area contributed by atoms with Gasteiger partial charge in [-0.1, -0.05) is 42.5 Å². The molecule has 0 radical (unpaired) electrons. The van der Waals surface area contributed by atoms with Crippen LogP contribution in [0.25, 0.3) is 5.57 Å². The van der Waals surface area contributed by atoms with Gasteiger partial charge in [0.1, 0.15) is 35.5 Å². The molecule has 0 saturated heterocycles. The highest BCUT2D eigenvalue weighted by Gasteiger charge is 2.33. The largest absolute Gasteiger partial charge is 0.378 e. The van der Waals surface area contributed by atoms with Gasteiger partial charge in [0.2, 0.25) is 0 Å². The third kappa shape index (κ3) is 7.61. The molecule has 1 aliphatic heterocycles. The number of aromatic nitrogens is 4. The van der Waals surface area contributed by atoms with Crippen LogP contribution in [-0.2, 0) is 29.6 Å². The van der Waals surface area contributed by atoms with Crippen LogP contribution >= 0.6 is 11.3 Å². The van der Waals surface area contributed by atoms with Crippen molar-refractivity contribution in [2.75, 3.05) is 6.54 Å². The molecule has 0 amide bonds. The Hall–Kier alpha value is -3.62.